The van der Waals surface area contributed by atoms with E-state index in [1.165, 1.54) is 0 Å². The van der Waals surface area contributed by atoms with Gasteiger partial charge in [-0.25, -0.2) is 0 Å². The molecule has 0 heterocycles. The van der Waals surface area contributed by atoms with Crippen LogP contribution in [0.2, 0.25) is 0 Å². The minimum absolute atomic E-state index is 0.0808. The zero-order valence-electron chi connectivity index (χ0n) is 12.6. The van der Waals surface area contributed by atoms with E-state index in [9.17, 15) is 19.2 Å². The molecule has 1 fully saturated rings. The van der Waals surface area contributed by atoms with E-state index in [4.69, 9.17) is 5.73 Å². The van der Waals surface area contributed by atoms with Gasteiger partial charge in [-0.05, 0) is 31.3 Å². The number of amides is 1. The summed E-state index contributed by atoms with van der Waals surface area (Å²) in [6, 6.07) is 0. The van der Waals surface area contributed by atoms with Crippen LogP contribution in [0.4, 0.5) is 0 Å². The van der Waals surface area contributed by atoms with Crippen LogP contribution in [0.15, 0.2) is 0 Å². The predicted octanol–water partition coefficient (Wildman–Crippen LogP) is 1.52. The molecule has 0 unspecified atom stereocenters. The lowest BCUT2D eigenvalue weighted by Crippen LogP contribution is -2.50. The van der Waals surface area contributed by atoms with Crippen LogP contribution in [-0.4, -0.2) is 35.3 Å². The second kappa shape index (κ2) is 7.73. The summed E-state index contributed by atoms with van der Waals surface area (Å²) in [4.78, 5) is 48.1. The van der Waals surface area contributed by atoms with Crippen LogP contribution in [0.3, 0.4) is 0 Å². The molecule has 0 atom stereocenters. The molecule has 21 heavy (non-hydrogen) atoms. The lowest BCUT2D eigenvalue weighted by Gasteiger charge is -2.35. The highest BCUT2D eigenvalue weighted by Gasteiger charge is 2.50. The zero-order valence-corrected chi connectivity index (χ0v) is 13.5. The number of primary amides is 1. The van der Waals surface area contributed by atoms with Gasteiger partial charge in [-0.3, -0.25) is 19.2 Å². The number of rotatable bonds is 8. The molecule has 1 aliphatic carbocycles. The normalized spacial score (nSPS) is 25.9. The molecule has 1 aliphatic rings. The van der Waals surface area contributed by atoms with Crippen molar-refractivity contribution in [1.29, 1.82) is 0 Å². The SMILES string of the molecule is CCCC(=O)C1C(=O)CC(CCCSC)(C(N)=O)CC1=O. The van der Waals surface area contributed by atoms with Gasteiger partial charge in [-0.15, -0.1) is 0 Å². The standard InChI is InChI=1S/C15H23NO4S/c1-3-5-10(17)13-11(18)8-15(14(16)20,9-12(13)19)6-4-7-21-2/h13H,3-9H2,1-2H3,(H2,16,20). The maximum Gasteiger partial charge on any atom is 0.224 e. The smallest absolute Gasteiger partial charge is 0.224 e. The van der Waals surface area contributed by atoms with E-state index < -0.39 is 28.8 Å². The van der Waals surface area contributed by atoms with Crippen LogP contribution >= 0.6 is 11.8 Å². The van der Waals surface area contributed by atoms with Gasteiger partial charge in [-0.1, -0.05) is 6.92 Å². The van der Waals surface area contributed by atoms with Gasteiger partial charge in [0.25, 0.3) is 0 Å². The number of hydrogen-bond donors (Lipinski definition) is 1. The zero-order chi connectivity index (χ0) is 16.0. The molecule has 1 rings (SSSR count). The summed E-state index contributed by atoms with van der Waals surface area (Å²) in [5.74, 6) is -2.13. The van der Waals surface area contributed by atoms with Crippen molar-refractivity contribution in [3.63, 3.8) is 0 Å². The molecule has 0 bridgehead atoms. The summed E-state index contributed by atoms with van der Waals surface area (Å²) in [7, 11) is 0. The van der Waals surface area contributed by atoms with Crippen molar-refractivity contribution in [2.75, 3.05) is 12.0 Å². The molecular formula is C15H23NO4S. The van der Waals surface area contributed by atoms with Gasteiger partial charge in [0.15, 0.2) is 17.3 Å². The van der Waals surface area contributed by atoms with Crippen molar-refractivity contribution in [1.82, 2.24) is 0 Å². The summed E-state index contributed by atoms with van der Waals surface area (Å²) in [6.07, 6.45) is 3.76. The summed E-state index contributed by atoms with van der Waals surface area (Å²) >= 11 is 1.64. The Morgan fingerprint density at radius 3 is 2.29 bits per heavy atom. The Hall–Kier alpha value is -1.17. The predicted molar refractivity (Wildman–Crippen MR) is 81.9 cm³/mol. The van der Waals surface area contributed by atoms with Crippen LogP contribution in [0.25, 0.3) is 0 Å². The Morgan fingerprint density at radius 1 is 1.29 bits per heavy atom. The van der Waals surface area contributed by atoms with Crippen molar-refractivity contribution >= 4 is 35.0 Å². The summed E-state index contributed by atoms with van der Waals surface area (Å²) in [5, 5.41) is 0. The molecule has 0 aliphatic heterocycles. The van der Waals surface area contributed by atoms with Crippen molar-refractivity contribution < 1.29 is 19.2 Å². The van der Waals surface area contributed by atoms with Crippen molar-refractivity contribution in [3.8, 4) is 0 Å². The molecule has 6 heteroatoms. The minimum Gasteiger partial charge on any atom is -0.369 e. The van der Waals surface area contributed by atoms with Crippen molar-refractivity contribution in [2.45, 2.75) is 45.4 Å². The summed E-state index contributed by atoms with van der Waals surface area (Å²) in [5.41, 5.74) is 4.36. The first-order chi connectivity index (χ1) is 9.88. The Kier molecular flexibility index (Phi) is 6.58. The molecule has 0 spiro atoms. The van der Waals surface area contributed by atoms with E-state index in [0.29, 0.717) is 12.8 Å². The second-order valence-corrected chi connectivity index (χ2v) is 6.66. The van der Waals surface area contributed by atoms with Gasteiger partial charge in [-0.2, -0.15) is 11.8 Å². The van der Waals surface area contributed by atoms with Gasteiger partial charge < -0.3 is 5.73 Å². The van der Waals surface area contributed by atoms with Gasteiger partial charge in [0.1, 0.15) is 5.92 Å². The minimum atomic E-state index is -1.17. The van der Waals surface area contributed by atoms with Crippen LogP contribution in [0.1, 0.15) is 45.4 Å². The summed E-state index contributed by atoms with van der Waals surface area (Å²) in [6.45, 7) is 1.83. The maximum absolute atomic E-state index is 12.2. The third kappa shape index (κ3) is 4.15. The first-order valence-corrected chi connectivity index (χ1v) is 8.64. The van der Waals surface area contributed by atoms with Gasteiger partial charge in [0, 0.05) is 19.3 Å². The number of ketones is 3. The third-order valence-electron chi connectivity index (χ3n) is 4.01. The molecule has 0 saturated heterocycles. The van der Waals surface area contributed by atoms with E-state index in [1.54, 1.807) is 11.8 Å². The molecule has 2 N–H and O–H groups in total. The Morgan fingerprint density at radius 2 is 1.86 bits per heavy atom. The quantitative estimate of drug-likeness (QED) is 0.541. The first kappa shape index (κ1) is 17.9. The fourth-order valence-corrected chi connectivity index (χ4v) is 3.33. The molecule has 1 saturated carbocycles. The highest BCUT2D eigenvalue weighted by molar-refractivity contribution is 7.98. The van der Waals surface area contributed by atoms with E-state index in [1.807, 2.05) is 13.2 Å². The fraction of sp³-hybridized carbons (Fsp3) is 0.733. The molecule has 118 valence electrons. The lowest BCUT2D eigenvalue weighted by atomic mass is 9.65. The second-order valence-electron chi connectivity index (χ2n) is 5.68. The van der Waals surface area contributed by atoms with Crippen LogP contribution in [0, 0.1) is 11.3 Å². The van der Waals surface area contributed by atoms with Gasteiger partial charge in [0.2, 0.25) is 5.91 Å². The fourth-order valence-electron chi connectivity index (χ4n) is 2.89. The van der Waals surface area contributed by atoms with Crippen molar-refractivity contribution in [2.24, 2.45) is 17.1 Å². The number of carbonyl (C=O) groups excluding carboxylic acids is 4. The Bertz CT molecular complexity index is 429. The molecular weight excluding hydrogens is 290 g/mol. The van der Waals surface area contributed by atoms with Crippen molar-refractivity contribution in [3.05, 3.63) is 0 Å². The number of carbonyl (C=O) groups is 4. The Labute approximate surface area is 129 Å². The van der Waals surface area contributed by atoms with Crippen LogP contribution < -0.4 is 5.73 Å². The molecule has 5 nitrogen and oxygen atoms in total. The molecule has 0 aromatic rings. The average molecular weight is 313 g/mol. The largest absolute Gasteiger partial charge is 0.369 e. The van der Waals surface area contributed by atoms with Crippen LogP contribution in [0.5, 0.6) is 0 Å². The van der Waals surface area contributed by atoms with Gasteiger partial charge >= 0.3 is 0 Å². The highest BCUT2D eigenvalue weighted by Crippen LogP contribution is 2.39. The van der Waals surface area contributed by atoms with E-state index in [-0.39, 0.29) is 25.0 Å². The number of nitrogens with two attached hydrogens (primary N) is 1. The molecule has 1 amide bonds. The first-order valence-electron chi connectivity index (χ1n) is 7.25. The third-order valence-corrected chi connectivity index (χ3v) is 4.71. The average Bonchev–Trinajstić information content (AvgIpc) is 2.38. The lowest BCUT2D eigenvalue weighted by molar-refractivity contribution is -0.151. The number of Topliss-reactive ketones (excluding diaryl/α,β-unsaturated/α-hetero) is 3. The number of thioether (sulfide) groups is 1. The number of hydrogen-bond acceptors (Lipinski definition) is 5. The summed E-state index contributed by atoms with van der Waals surface area (Å²) < 4.78 is 0. The monoisotopic (exact) mass is 313 g/mol. The van der Waals surface area contributed by atoms with E-state index >= 15 is 0 Å². The Balaban J connectivity index is 2.89. The topological polar surface area (TPSA) is 94.3 Å². The highest BCUT2D eigenvalue weighted by atomic mass is 32.2. The molecule has 0 radical (unpaired) electrons. The molecule has 0 aromatic carbocycles. The van der Waals surface area contributed by atoms with Crippen LogP contribution in [-0.2, 0) is 19.2 Å². The van der Waals surface area contributed by atoms with E-state index in [0.717, 1.165) is 12.2 Å². The molecule has 0 aromatic heterocycles. The van der Waals surface area contributed by atoms with Gasteiger partial charge in [0.05, 0.1) is 5.41 Å². The maximum atomic E-state index is 12.2. The van der Waals surface area contributed by atoms with E-state index in [2.05, 4.69) is 0 Å².